The van der Waals surface area contributed by atoms with Crippen molar-refractivity contribution in [3.63, 3.8) is 0 Å². The SMILES string of the molecule is CCOc1ccccc1C(CO)OC1CCOCC1. The zero-order valence-electron chi connectivity index (χ0n) is 11.4. The molecule has 1 unspecified atom stereocenters. The lowest BCUT2D eigenvalue weighted by Crippen LogP contribution is -2.26. The summed E-state index contributed by atoms with van der Waals surface area (Å²) < 4.78 is 16.9. The first-order valence-electron chi connectivity index (χ1n) is 6.91. The Labute approximate surface area is 114 Å². The van der Waals surface area contributed by atoms with Gasteiger partial charge >= 0.3 is 0 Å². The Kier molecular flexibility index (Phi) is 5.63. The van der Waals surface area contributed by atoms with Crippen LogP contribution in [0.5, 0.6) is 5.75 Å². The molecule has 1 heterocycles. The van der Waals surface area contributed by atoms with Crippen LogP contribution < -0.4 is 4.74 Å². The molecule has 0 amide bonds. The largest absolute Gasteiger partial charge is 0.493 e. The molecule has 1 saturated heterocycles. The quantitative estimate of drug-likeness (QED) is 0.858. The molecule has 1 N–H and O–H groups in total. The van der Waals surface area contributed by atoms with Crippen molar-refractivity contribution >= 4 is 0 Å². The van der Waals surface area contributed by atoms with Crippen molar-refractivity contribution in [2.75, 3.05) is 26.4 Å². The van der Waals surface area contributed by atoms with E-state index in [1.54, 1.807) is 0 Å². The fourth-order valence-corrected chi connectivity index (χ4v) is 2.29. The van der Waals surface area contributed by atoms with Gasteiger partial charge in [0.1, 0.15) is 11.9 Å². The van der Waals surface area contributed by atoms with E-state index < -0.39 is 0 Å². The van der Waals surface area contributed by atoms with Crippen molar-refractivity contribution < 1.29 is 19.3 Å². The highest BCUT2D eigenvalue weighted by Gasteiger charge is 2.22. The third-order valence-electron chi connectivity index (χ3n) is 3.26. The summed E-state index contributed by atoms with van der Waals surface area (Å²) in [5.41, 5.74) is 0.915. The van der Waals surface area contributed by atoms with E-state index >= 15 is 0 Å². The lowest BCUT2D eigenvalue weighted by Gasteiger charge is -2.27. The molecule has 0 spiro atoms. The zero-order chi connectivity index (χ0) is 13.5. The number of benzene rings is 1. The van der Waals surface area contributed by atoms with Gasteiger partial charge in [-0.05, 0) is 25.8 Å². The summed E-state index contributed by atoms with van der Waals surface area (Å²) in [6.07, 6.45) is 1.59. The number of hydrogen-bond donors (Lipinski definition) is 1. The highest BCUT2D eigenvalue weighted by molar-refractivity contribution is 5.35. The number of para-hydroxylation sites is 1. The third kappa shape index (κ3) is 3.93. The molecule has 1 aromatic rings. The third-order valence-corrected chi connectivity index (χ3v) is 3.26. The van der Waals surface area contributed by atoms with Gasteiger partial charge in [-0.1, -0.05) is 18.2 Å². The summed E-state index contributed by atoms with van der Waals surface area (Å²) in [4.78, 5) is 0. The van der Waals surface area contributed by atoms with E-state index in [1.807, 2.05) is 31.2 Å². The van der Waals surface area contributed by atoms with Crippen molar-refractivity contribution in [1.29, 1.82) is 0 Å². The van der Waals surface area contributed by atoms with E-state index in [0.717, 1.165) is 37.4 Å². The molecule has 19 heavy (non-hydrogen) atoms. The molecule has 4 nitrogen and oxygen atoms in total. The smallest absolute Gasteiger partial charge is 0.125 e. The molecule has 0 aromatic heterocycles. The Morgan fingerprint density at radius 3 is 2.74 bits per heavy atom. The highest BCUT2D eigenvalue weighted by atomic mass is 16.5. The Morgan fingerprint density at radius 2 is 2.05 bits per heavy atom. The van der Waals surface area contributed by atoms with Crippen LogP contribution in [-0.4, -0.2) is 37.6 Å². The first-order chi connectivity index (χ1) is 9.35. The van der Waals surface area contributed by atoms with Gasteiger partial charge in [0.15, 0.2) is 0 Å². The van der Waals surface area contributed by atoms with Crippen LogP contribution in [0.1, 0.15) is 31.4 Å². The van der Waals surface area contributed by atoms with Crippen molar-refractivity contribution in [2.24, 2.45) is 0 Å². The molecular weight excluding hydrogens is 244 g/mol. The van der Waals surface area contributed by atoms with Gasteiger partial charge in [0.25, 0.3) is 0 Å². The van der Waals surface area contributed by atoms with Gasteiger partial charge in [-0.25, -0.2) is 0 Å². The Bertz CT molecular complexity index is 374. The molecule has 4 heteroatoms. The number of aliphatic hydroxyl groups excluding tert-OH is 1. The van der Waals surface area contributed by atoms with E-state index in [2.05, 4.69) is 0 Å². The Balaban J connectivity index is 2.07. The van der Waals surface area contributed by atoms with Crippen LogP contribution in [0.25, 0.3) is 0 Å². The molecule has 2 rings (SSSR count). The number of hydrogen-bond acceptors (Lipinski definition) is 4. The maximum Gasteiger partial charge on any atom is 0.125 e. The fourth-order valence-electron chi connectivity index (χ4n) is 2.29. The zero-order valence-corrected chi connectivity index (χ0v) is 11.4. The molecular formula is C15H22O4. The first-order valence-corrected chi connectivity index (χ1v) is 6.91. The van der Waals surface area contributed by atoms with Crippen LogP contribution in [0.2, 0.25) is 0 Å². The number of aliphatic hydroxyl groups is 1. The minimum absolute atomic E-state index is 0.0402. The second-order valence-corrected chi connectivity index (χ2v) is 4.59. The second kappa shape index (κ2) is 7.48. The average Bonchev–Trinajstić information content (AvgIpc) is 2.47. The minimum atomic E-state index is -0.328. The molecule has 1 fully saturated rings. The van der Waals surface area contributed by atoms with E-state index in [9.17, 15) is 5.11 Å². The molecule has 0 aliphatic carbocycles. The van der Waals surface area contributed by atoms with Crippen molar-refractivity contribution in [2.45, 2.75) is 32.0 Å². The highest BCUT2D eigenvalue weighted by Crippen LogP contribution is 2.30. The van der Waals surface area contributed by atoms with E-state index in [-0.39, 0.29) is 18.8 Å². The molecule has 1 aromatic carbocycles. The van der Waals surface area contributed by atoms with Crippen LogP contribution in [0.15, 0.2) is 24.3 Å². The second-order valence-electron chi connectivity index (χ2n) is 4.59. The number of rotatable bonds is 6. The molecule has 0 radical (unpaired) electrons. The Morgan fingerprint density at radius 1 is 1.32 bits per heavy atom. The standard InChI is InChI=1S/C15H22O4/c1-2-18-14-6-4-3-5-13(14)15(11-16)19-12-7-9-17-10-8-12/h3-6,12,15-16H,2,7-11H2,1H3. The van der Waals surface area contributed by atoms with E-state index in [1.165, 1.54) is 0 Å². The van der Waals surface area contributed by atoms with Gasteiger partial charge in [-0.3, -0.25) is 0 Å². The van der Waals surface area contributed by atoms with Gasteiger partial charge in [-0.15, -0.1) is 0 Å². The Hall–Kier alpha value is -1.10. The van der Waals surface area contributed by atoms with Crippen LogP contribution in [0, 0.1) is 0 Å². The lowest BCUT2D eigenvalue weighted by atomic mass is 10.1. The number of ether oxygens (including phenoxy) is 3. The van der Waals surface area contributed by atoms with Gasteiger partial charge in [-0.2, -0.15) is 0 Å². The van der Waals surface area contributed by atoms with Gasteiger partial charge in [0.2, 0.25) is 0 Å². The predicted octanol–water partition coefficient (Wildman–Crippen LogP) is 2.31. The van der Waals surface area contributed by atoms with Gasteiger partial charge < -0.3 is 19.3 Å². The van der Waals surface area contributed by atoms with Crippen LogP contribution in [0.4, 0.5) is 0 Å². The van der Waals surface area contributed by atoms with Gasteiger partial charge in [0.05, 0.1) is 19.3 Å². The minimum Gasteiger partial charge on any atom is -0.493 e. The van der Waals surface area contributed by atoms with Crippen LogP contribution in [0.3, 0.4) is 0 Å². The van der Waals surface area contributed by atoms with Crippen LogP contribution in [-0.2, 0) is 9.47 Å². The molecule has 1 atom stereocenters. The summed E-state index contributed by atoms with van der Waals surface area (Å²) >= 11 is 0. The van der Waals surface area contributed by atoms with E-state index in [0.29, 0.717) is 6.61 Å². The average molecular weight is 266 g/mol. The van der Waals surface area contributed by atoms with Crippen LogP contribution >= 0.6 is 0 Å². The predicted molar refractivity (Wildman–Crippen MR) is 72.4 cm³/mol. The van der Waals surface area contributed by atoms with Crippen molar-refractivity contribution in [3.05, 3.63) is 29.8 Å². The topological polar surface area (TPSA) is 47.9 Å². The molecule has 1 aliphatic rings. The lowest BCUT2D eigenvalue weighted by molar-refractivity contribution is -0.0854. The van der Waals surface area contributed by atoms with Crippen molar-refractivity contribution in [3.8, 4) is 5.75 Å². The first kappa shape index (κ1) is 14.3. The maximum atomic E-state index is 9.59. The summed E-state index contributed by atoms with van der Waals surface area (Å²) in [6, 6.07) is 7.73. The monoisotopic (exact) mass is 266 g/mol. The van der Waals surface area contributed by atoms with Crippen molar-refractivity contribution in [1.82, 2.24) is 0 Å². The summed E-state index contributed by atoms with van der Waals surface area (Å²) in [6.45, 7) is 3.98. The molecule has 106 valence electrons. The normalized spacial score (nSPS) is 18.2. The summed E-state index contributed by atoms with van der Waals surface area (Å²) in [5, 5.41) is 9.59. The summed E-state index contributed by atoms with van der Waals surface area (Å²) in [7, 11) is 0. The maximum absolute atomic E-state index is 9.59. The van der Waals surface area contributed by atoms with E-state index in [4.69, 9.17) is 14.2 Å². The molecule has 0 saturated carbocycles. The fraction of sp³-hybridized carbons (Fsp3) is 0.600. The van der Waals surface area contributed by atoms with Gasteiger partial charge in [0, 0.05) is 18.8 Å². The molecule has 1 aliphatic heterocycles. The molecule has 0 bridgehead atoms. The summed E-state index contributed by atoms with van der Waals surface area (Å²) in [5.74, 6) is 0.788.